The first-order valence-electron chi connectivity index (χ1n) is 14.8. The van der Waals surface area contributed by atoms with Gasteiger partial charge in [-0.05, 0) is 95.6 Å². The zero-order valence-corrected chi connectivity index (χ0v) is 25.2. The smallest absolute Gasteiger partial charge is 0.306 e. The molecule has 0 atom stereocenters. The standard InChI is InChI=1S/C36H54O2/c1-7-8-9-10-11-12-13-14-15-16-17-18-19-25-35(37)38-30-28-32(3)23-20-22-31(2)26-27-34-33(4)24-21-29-36(34,5)6/h8-9,11-12,14-15,20,22-23,26-28H,7,10,13,16-19,21,24-25,29-30H2,1-6H3/b9-8-,12-11-,15-14-,23-20+,27-26+,31-22+,32-28+. The summed E-state index contributed by atoms with van der Waals surface area (Å²) in [5.74, 6) is -0.105. The fourth-order valence-corrected chi connectivity index (χ4v) is 4.57. The normalized spacial score (nSPS) is 17.3. The Labute approximate surface area is 234 Å². The highest BCUT2D eigenvalue weighted by atomic mass is 16.5. The fourth-order valence-electron chi connectivity index (χ4n) is 4.57. The zero-order chi connectivity index (χ0) is 28.1. The molecule has 0 saturated heterocycles. The maximum Gasteiger partial charge on any atom is 0.306 e. The SMILES string of the molecule is CC/C=C\C/C=C\C/C=C\CCCCCC(=O)OC/C=C(C)/C=C/C=C(C)/C=C/C1=C(C)CCCC1(C)C. The highest BCUT2D eigenvalue weighted by molar-refractivity contribution is 5.69. The summed E-state index contributed by atoms with van der Waals surface area (Å²) in [5, 5.41) is 0. The summed E-state index contributed by atoms with van der Waals surface area (Å²) < 4.78 is 5.38. The van der Waals surface area contributed by atoms with Gasteiger partial charge in [0.05, 0.1) is 0 Å². The van der Waals surface area contributed by atoms with Crippen molar-refractivity contribution in [1.29, 1.82) is 0 Å². The Hall–Kier alpha value is -2.61. The number of esters is 1. The fraction of sp³-hybridized carbons (Fsp3) is 0.528. The molecule has 0 saturated carbocycles. The maximum absolute atomic E-state index is 12.0. The molecule has 2 heteroatoms. The van der Waals surface area contributed by atoms with E-state index in [0.29, 0.717) is 13.0 Å². The van der Waals surface area contributed by atoms with E-state index in [1.165, 1.54) is 36.0 Å². The van der Waals surface area contributed by atoms with Gasteiger partial charge in [0.25, 0.3) is 0 Å². The molecule has 0 radical (unpaired) electrons. The van der Waals surface area contributed by atoms with Gasteiger partial charge in [-0.1, -0.05) is 111 Å². The van der Waals surface area contributed by atoms with Crippen LogP contribution in [0.15, 0.2) is 95.2 Å². The summed E-state index contributed by atoms with van der Waals surface area (Å²) >= 11 is 0. The Morgan fingerprint density at radius 2 is 1.63 bits per heavy atom. The van der Waals surface area contributed by atoms with Crippen LogP contribution in [0.5, 0.6) is 0 Å². The van der Waals surface area contributed by atoms with Crippen LogP contribution in [0.1, 0.15) is 112 Å². The predicted octanol–water partition coefficient (Wildman–Crippen LogP) is 10.9. The van der Waals surface area contributed by atoms with E-state index >= 15 is 0 Å². The minimum absolute atomic E-state index is 0.105. The van der Waals surface area contributed by atoms with Gasteiger partial charge in [-0.3, -0.25) is 4.79 Å². The molecule has 38 heavy (non-hydrogen) atoms. The summed E-state index contributed by atoms with van der Waals surface area (Å²) in [6.45, 7) is 13.6. The Morgan fingerprint density at radius 3 is 2.34 bits per heavy atom. The molecule has 0 aromatic carbocycles. The molecular formula is C36H54O2. The van der Waals surface area contributed by atoms with E-state index in [2.05, 4.69) is 101 Å². The van der Waals surface area contributed by atoms with Crippen LogP contribution >= 0.6 is 0 Å². The minimum Gasteiger partial charge on any atom is -0.461 e. The second-order valence-corrected chi connectivity index (χ2v) is 11.1. The molecule has 1 aliphatic carbocycles. The van der Waals surface area contributed by atoms with E-state index in [1.807, 2.05) is 13.0 Å². The third-order valence-electron chi connectivity index (χ3n) is 6.95. The molecule has 0 heterocycles. The van der Waals surface area contributed by atoms with E-state index in [-0.39, 0.29) is 11.4 Å². The largest absolute Gasteiger partial charge is 0.461 e. The van der Waals surface area contributed by atoms with Crippen molar-refractivity contribution in [2.24, 2.45) is 5.41 Å². The van der Waals surface area contributed by atoms with Crippen LogP contribution in [0.2, 0.25) is 0 Å². The predicted molar refractivity (Wildman–Crippen MR) is 167 cm³/mol. The summed E-state index contributed by atoms with van der Waals surface area (Å²) in [5.41, 5.74) is 5.61. The molecular weight excluding hydrogens is 464 g/mol. The average molecular weight is 519 g/mol. The van der Waals surface area contributed by atoms with Crippen LogP contribution in [-0.4, -0.2) is 12.6 Å². The van der Waals surface area contributed by atoms with Crippen molar-refractivity contribution in [3.8, 4) is 0 Å². The molecule has 0 aromatic heterocycles. The van der Waals surface area contributed by atoms with Crippen LogP contribution in [0.3, 0.4) is 0 Å². The number of hydrogen-bond donors (Lipinski definition) is 0. The lowest BCUT2D eigenvalue weighted by Gasteiger charge is -2.32. The summed E-state index contributed by atoms with van der Waals surface area (Å²) in [4.78, 5) is 12.0. The van der Waals surface area contributed by atoms with Crippen LogP contribution in [0.25, 0.3) is 0 Å². The van der Waals surface area contributed by atoms with Crippen molar-refractivity contribution in [1.82, 2.24) is 0 Å². The number of ether oxygens (including phenoxy) is 1. The van der Waals surface area contributed by atoms with E-state index in [4.69, 9.17) is 4.74 Å². The molecule has 1 rings (SSSR count). The Bertz CT molecular complexity index is 928. The van der Waals surface area contributed by atoms with Gasteiger partial charge in [0.2, 0.25) is 0 Å². The van der Waals surface area contributed by atoms with Crippen molar-refractivity contribution in [2.45, 2.75) is 112 Å². The van der Waals surface area contributed by atoms with Crippen LogP contribution in [0, 0.1) is 5.41 Å². The third kappa shape index (κ3) is 16.3. The van der Waals surface area contributed by atoms with Crippen LogP contribution in [0.4, 0.5) is 0 Å². The lowest BCUT2D eigenvalue weighted by atomic mass is 9.72. The topological polar surface area (TPSA) is 26.3 Å². The van der Waals surface area contributed by atoms with Crippen molar-refractivity contribution in [3.05, 3.63) is 95.2 Å². The molecule has 0 bridgehead atoms. The van der Waals surface area contributed by atoms with E-state index in [9.17, 15) is 4.79 Å². The molecule has 0 amide bonds. The second-order valence-electron chi connectivity index (χ2n) is 11.1. The van der Waals surface area contributed by atoms with Gasteiger partial charge >= 0.3 is 5.97 Å². The first-order valence-corrected chi connectivity index (χ1v) is 14.8. The number of allylic oxidation sites excluding steroid dienone is 15. The average Bonchev–Trinajstić information content (AvgIpc) is 2.86. The van der Waals surface area contributed by atoms with Gasteiger partial charge in [-0.25, -0.2) is 0 Å². The number of rotatable bonds is 17. The Morgan fingerprint density at radius 1 is 0.921 bits per heavy atom. The van der Waals surface area contributed by atoms with Crippen LogP contribution < -0.4 is 0 Å². The zero-order valence-electron chi connectivity index (χ0n) is 25.2. The quantitative estimate of drug-likeness (QED) is 0.0828. The molecule has 0 unspecified atom stereocenters. The highest BCUT2D eigenvalue weighted by Gasteiger charge is 2.26. The third-order valence-corrected chi connectivity index (χ3v) is 6.95. The van der Waals surface area contributed by atoms with Crippen LogP contribution in [-0.2, 0) is 9.53 Å². The van der Waals surface area contributed by atoms with Crippen molar-refractivity contribution < 1.29 is 9.53 Å². The van der Waals surface area contributed by atoms with Crippen molar-refractivity contribution >= 4 is 5.97 Å². The lowest BCUT2D eigenvalue weighted by molar-refractivity contribution is -0.142. The molecule has 0 fully saturated rings. The number of hydrogen-bond acceptors (Lipinski definition) is 2. The molecule has 0 N–H and O–H groups in total. The van der Waals surface area contributed by atoms with E-state index < -0.39 is 0 Å². The van der Waals surface area contributed by atoms with Gasteiger partial charge in [-0.2, -0.15) is 0 Å². The van der Waals surface area contributed by atoms with E-state index in [0.717, 1.165) is 50.5 Å². The minimum atomic E-state index is -0.105. The van der Waals surface area contributed by atoms with Gasteiger partial charge in [0.15, 0.2) is 0 Å². The van der Waals surface area contributed by atoms with Gasteiger partial charge in [-0.15, -0.1) is 0 Å². The second kappa shape index (κ2) is 20.4. The highest BCUT2D eigenvalue weighted by Crippen LogP contribution is 2.40. The van der Waals surface area contributed by atoms with E-state index in [1.54, 1.807) is 0 Å². The number of unbranched alkanes of at least 4 members (excludes halogenated alkanes) is 3. The Kier molecular flexibility index (Phi) is 17.9. The first-order chi connectivity index (χ1) is 18.3. The lowest BCUT2D eigenvalue weighted by Crippen LogP contribution is -2.19. The molecule has 1 aliphatic rings. The summed E-state index contributed by atoms with van der Waals surface area (Å²) in [6.07, 6.45) is 37.6. The first kappa shape index (κ1) is 33.4. The Balaban J connectivity index is 2.21. The van der Waals surface area contributed by atoms with Crippen molar-refractivity contribution in [3.63, 3.8) is 0 Å². The number of carbonyl (C=O) groups is 1. The molecule has 0 aliphatic heterocycles. The number of carbonyl (C=O) groups excluding carboxylic acids is 1. The molecule has 0 spiro atoms. The van der Waals surface area contributed by atoms with Gasteiger partial charge in [0.1, 0.15) is 6.61 Å². The van der Waals surface area contributed by atoms with Gasteiger partial charge in [0, 0.05) is 6.42 Å². The molecule has 210 valence electrons. The maximum atomic E-state index is 12.0. The molecule has 0 aromatic rings. The van der Waals surface area contributed by atoms with Gasteiger partial charge < -0.3 is 4.74 Å². The summed E-state index contributed by atoms with van der Waals surface area (Å²) in [7, 11) is 0. The van der Waals surface area contributed by atoms with Crippen molar-refractivity contribution in [2.75, 3.05) is 6.61 Å². The summed E-state index contributed by atoms with van der Waals surface area (Å²) in [6, 6.07) is 0. The monoisotopic (exact) mass is 518 g/mol. The molecule has 2 nitrogen and oxygen atoms in total.